The second-order valence-electron chi connectivity index (χ2n) is 6.23. The fourth-order valence-electron chi connectivity index (χ4n) is 2.57. The van der Waals surface area contributed by atoms with Crippen molar-refractivity contribution in [2.45, 2.75) is 44.7 Å². The van der Waals surface area contributed by atoms with Crippen molar-refractivity contribution in [3.8, 4) is 0 Å². The van der Waals surface area contributed by atoms with Crippen LogP contribution in [0.25, 0.3) is 0 Å². The van der Waals surface area contributed by atoms with E-state index in [1.165, 1.54) is 0 Å². The molecular formula is C13H19BN2O2S. The van der Waals surface area contributed by atoms with Crippen molar-refractivity contribution in [1.82, 2.24) is 4.98 Å². The van der Waals surface area contributed by atoms with E-state index >= 15 is 0 Å². The molecule has 2 aliphatic rings. The number of rotatable bonds is 1. The van der Waals surface area contributed by atoms with Crippen LogP contribution in [-0.4, -0.2) is 29.8 Å². The van der Waals surface area contributed by atoms with E-state index in [9.17, 15) is 0 Å². The summed E-state index contributed by atoms with van der Waals surface area (Å²) in [6, 6.07) is 4.03. The summed E-state index contributed by atoms with van der Waals surface area (Å²) in [6.45, 7) is 9.05. The van der Waals surface area contributed by atoms with Crippen LogP contribution in [-0.2, 0) is 9.31 Å². The molecule has 3 heterocycles. The van der Waals surface area contributed by atoms with Gasteiger partial charge >= 0.3 is 7.12 Å². The fourth-order valence-corrected chi connectivity index (χ4v) is 2.91. The average molecular weight is 278 g/mol. The molecule has 0 aliphatic carbocycles. The zero-order valence-electron chi connectivity index (χ0n) is 11.8. The molecule has 1 atom stereocenters. The van der Waals surface area contributed by atoms with Crippen LogP contribution in [0.2, 0.25) is 0 Å². The zero-order chi connectivity index (χ0) is 13.8. The topological polar surface area (TPSA) is 34.6 Å². The van der Waals surface area contributed by atoms with Gasteiger partial charge in [-0.3, -0.25) is 0 Å². The number of hydrogen-bond acceptors (Lipinski definition) is 5. The molecule has 1 aromatic heterocycles. The molecule has 6 heteroatoms. The highest BCUT2D eigenvalue weighted by atomic mass is 32.1. The smallest absolute Gasteiger partial charge is 0.403 e. The number of pyridine rings is 1. The van der Waals surface area contributed by atoms with E-state index in [2.05, 4.69) is 51.6 Å². The van der Waals surface area contributed by atoms with E-state index in [0.29, 0.717) is 0 Å². The number of anilines is 1. The average Bonchev–Trinajstić information content (AvgIpc) is 2.76. The Morgan fingerprint density at radius 2 is 1.95 bits per heavy atom. The van der Waals surface area contributed by atoms with Crippen LogP contribution in [0.5, 0.6) is 0 Å². The van der Waals surface area contributed by atoms with Gasteiger partial charge in [-0.1, -0.05) is 18.9 Å². The molecule has 4 nitrogen and oxygen atoms in total. The fraction of sp³-hybridized carbons (Fsp3) is 0.615. The number of thiol groups is 1. The van der Waals surface area contributed by atoms with Crippen molar-refractivity contribution >= 4 is 25.8 Å². The van der Waals surface area contributed by atoms with Gasteiger partial charge in [0.2, 0.25) is 0 Å². The van der Waals surface area contributed by atoms with Crippen LogP contribution in [0.3, 0.4) is 0 Å². The van der Waals surface area contributed by atoms with Gasteiger partial charge in [0.15, 0.2) is 0 Å². The molecule has 2 aliphatic heterocycles. The first-order chi connectivity index (χ1) is 8.82. The van der Waals surface area contributed by atoms with Gasteiger partial charge in [-0.15, -0.1) is 0 Å². The van der Waals surface area contributed by atoms with Crippen molar-refractivity contribution in [2.24, 2.45) is 0 Å². The SMILES string of the molecule is CC1(C)OB(C2CN(S)c3ncccc32)OC1(C)C. The molecular weight excluding hydrogens is 259 g/mol. The van der Waals surface area contributed by atoms with E-state index in [0.717, 1.165) is 17.9 Å². The molecule has 1 aromatic rings. The van der Waals surface area contributed by atoms with Gasteiger partial charge in [-0.2, -0.15) is 0 Å². The maximum atomic E-state index is 6.14. The quantitative estimate of drug-likeness (QED) is 0.632. The Morgan fingerprint density at radius 3 is 2.58 bits per heavy atom. The van der Waals surface area contributed by atoms with Gasteiger partial charge in [-0.25, -0.2) is 4.98 Å². The van der Waals surface area contributed by atoms with Crippen molar-refractivity contribution < 1.29 is 9.31 Å². The second kappa shape index (κ2) is 4.14. The zero-order valence-corrected chi connectivity index (χ0v) is 12.6. The van der Waals surface area contributed by atoms with Crippen molar-refractivity contribution in [3.05, 3.63) is 23.9 Å². The Hall–Kier alpha value is -0.715. The van der Waals surface area contributed by atoms with Gasteiger partial charge in [0, 0.05) is 18.6 Å². The van der Waals surface area contributed by atoms with Crippen molar-refractivity contribution in [1.29, 1.82) is 0 Å². The van der Waals surface area contributed by atoms with Crippen LogP contribution in [0.1, 0.15) is 39.1 Å². The highest BCUT2D eigenvalue weighted by Gasteiger charge is 2.55. The summed E-state index contributed by atoms with van der Waals surface area (Å²) in [6.07, 6.45) is 1.79. The maximum absolute atomic E-state index is 6.14. The molecule has 1 fully saturated rings. The number of aromatic nitrogens is 1. The minimum absolute atomic E-state index is 0.155. The second-order valence-corrected chi connectivity index (χ2v) is 6.71. The lowest BCUT2D eigenvalue weighted by molar-refractivity contribution is 0.00578. The molecule has 1 saturated heterocycles. The monoisotopic (exact) mass is 278 g/mol. The Kier molecular flexibility index (Phi) is 2.89. The third kappa shape index (κ3) is 1.97. The Bertz CT molecular complexity index is 493. The molecule has 0 saturated carbocycles. The van der Waals surface area contributed by atoms with Crippen molar-refractivity contribution in [2.75, 3.05) is 10.8 Å². The molecule has 3 rings (SSSR count). The summed E-state index contributed by atoms with van der Waals surface area (Å²) >= 11 is 4.47. The first-order valence-electron chi connectivity index (χ1n) is 6.59. The van der Waals surface area contributed by atoms with Crippen LogP contribution < -0.4 is 4.31 Å². The maximum Gasteiger partial charge on any atom is 0.467 e. The summed E-state index contributed by atoms with van der Waals surface area (Å²) in [4.78, 5) is 4.37. The molecule has 0 N–H and O–H groups in total. The highest BCUT2D eigenvalue weighted by molar-refractivity contribution is 7.81. The van der Waals surface area contributed by atoms with Gasteiger partial charge in [0.05, 0.1) is 11.2 Å². The first kappa shape index (κ1) is 13.3. The largest absolute Gasteiger partial charge is 0.467 e. The van der Waals surface area contributed by atoms with Gasteiger partial charge in [0.25, 0.3) is 0 Å². The predicted octanol–water partition coefficient (Wildman–Crippen LogP) is 2.46. The van der Waals surface area contributed by atoms with E-state index in [-0.39, 0.29) is 24.1 Å². The summed E-state index contributed by atoms with van der Waals surface area (Å²) in [5.74, 6) is 1.06. The van der Waals surface area contributed by atoms with Crippen LogP contribution in [0.15, 0.2) is 18.3 Å². The molecule has 0 bridgehead atoms. The Morgan fingerprint density at radius 1 is 1.32 bits per heavy atom. The molecule has 0 spiro atoms. The minimum atomic E-state index is -0.302. The molecule has 19 heavy (non-hydrogen) atoms. The standard InChI is InChI=1S/C13H19BN2O2S/c1-12(2)13(3,4)18-14(17-12)10-8-16(19)11-9(10)6-5-7-15-11/h5-7,10,19H,8H2,1-4H3. The van der Waals surface area contributed by atoms with E-state index in [1.807, 2.05) is 10.4 Å². The normalized spacial score (nSPS) is 27.7. The van der Waals surface area contributed by atoms with Gasteiger partial charge in [-0.05, 0) is 39.3 Å². The molecule has 1 unspecified atom stereocenters. The lowest BCUT2D eigenvalue weighted by atomic mass is 9.69. The lowest BCUT2D eigenvalue weighted by Crippen LogP contribution is -2.41. The minimum Gasteiger partial charge on any atom is -0.403 e. The van der Waals surface area contributed by atoms with Crippen LogP contribution in [0.4, 0.5) is 5.82 Å². The number of nitrogens with zero attached hydrogens (tertiary/aromatic N) is 2. The van der Waals surface area contributed by atoms with E-state index < -0.39 is 0 Å². The first-order valence-corrected chi connectivity index (χ1v) is 6.99. The summed E-state index contributed by atoms with van der Waals surface area (Å²) in [7, 11) is -0.245. The molecule has 0 radical (unpaired) electrons. The van der Waals surface area contributed by atoms with Crippen LogP contribution >= 0.6 is 12.8 Å². The molecule has 0 amide bonds. The number of fused-ring (bicyclic) bond motifs is 1. The highest BCUT2D eigenvalue weighted by Crippen LogP contribution is 2.45. The lowest BCUT2D eigenvalue weighted by Gasteiger charge is -2.32. The van der Waals surface area contributed by atoms with Crippen LogP contribution in [0, 0.1) is 0 Å². The molecule has 102 valence electrons. The Balaban J connectivity index is 1.91. The predicted molar refractivity (Wildman–Crippen MR) is 79.4 cm³/mol. The third-order valence-corrected chi connectivity index (χ3v) is 4.78. The van der Waals surface area contributed by atoms with E-state index in [1.54, 1.807) is 6.20 Å². The summed E-state index contributed by atoms with van der Waals surface area (Å²) in [5.41, 5.74) is 0.546. The molecule has 0 aromatic carbocycles. The third-order valence-electron chi connectivity index (χ3n) is 4.43. The van der Waals surface area contributed by atoms with Gasteiger partial charge < -0.3 is 13.6 Å². The number of hydrogen-bond donors (Lipinski definition) is 1. The summed E-state index contributed by atoms with van der Waals surface area (Å²) < 4.78 is 14.2. The Labute approximate surface area is 120 Å². The van der Waals surface area contributed by atoms with E-state index in [4.69, 9.17) is 9.31 Å². The van der Waals surface area contributed by atoms with Crippen molar-refractivity contribution in [3.63, 3.8) is 0 Å². The van der Waals surface area contributed by atoms with Gasteiger partial charge in [0.1, 0.15) is 5.82 Å². The summed E-state index contributed by atoms with van der Waals surface area (Å²) in [5, 5.41) is 0.